The third-order valence-corrected chi connectivity index (χ3v) is 14.1. The van der Waals surface area contributed by atoms with Crippen molar-refractivity contribution >= 4 is 47.1 Å². The number of nitrogens with two attached hydrogens (primary N) is 1. The Morgan fingerprint density at radius 1 is 0.494 bits per heavy atom. The Kier molecular flexibility index (Phi) is 32.0. The number of carboxylic acid groups (broad SMARTS) is 1. The average molecular weight is 1170 g/mol. The van der Waals surface area contributed by atoms with E-state index in [4.69, 9.17) is 29.8 Å². The molecule has 468 valence electrons. The molecular weight excluding hydrogens is 1060 g/mol. The van der Waals surface area contributed by atoms with Crippen LogP contribution >= 0.6 is 0 Å². The van der Waals surface area contributed by atoms with Crippen LogP contribution < -0.4 is 32.3 Å². The first-order valence-electron chi connectivity index (χ1n) is 28.8. The van der Waals surface area contributed by atoms with Gasteiger partial charge in [-0.25, -0.2) is 0 Å². The van der Waals surface area contributed by atoms with Crippen molar-refractivity contribution in [2.75, 3.05) is 78.9 Å². The van der Waals surface area contributed by atoms with Crippen LogP contribution in [-0.4, -0.2) is 188 Å². The van der Waals surface area contributed by atoms with E-state index < -0.39 is 71.1 Å². The fourth-order valence-electron chi connectivity index (χ4n) is 9.33. The molecule has 0 unspecified atom stereocenters. The van der Waals surface area contributed by atoms with Crippen molar-refractivity contribution in [3.8, 4) is 0 Å². The van der Waals surface area contributed by atoms with Gasteiger partial charge < -0.3 is 56.4 Å². The number of morpholine rings is 2. The number of Topliss-reactive ketones (excluding diaryl/α,β-unsaturated/α-hetero) is 2. The van der Waals surface area contributed by atoms with Crippen LogP contribution in [0.2, 0.25) is 0 Å². The minimum atomic E-state index is -0.934. The van der Waals surface area contributed by atoms with Gasteiger partial charge in [-0.1, -0.05) is 131 Å². The van der Waals surface area contributed by atoms with Crippen molar-refractivity contribution in [1.82, 2.24) is 36.4 Å². The van der Waals surface area contributed by atoms with E-state index in [1.165, 1.54) is 0 Å². The Hall–Kier alpha value is -5.68. The number of carbonyl (C=O) groups excluding carboxylic acids is 7. The number of nitrogens with zero attached hydrogens (tertiary/aromatic N) is 2. The van der Waals surface area contributed by atoms with E-state index in [1.807, 2.05) is 126 Å². The van der Waals surface area contributed by atoms with Gasteiger partial charge in [0, 0.05) is 39.0 Å². The van der Waals surface area contributed by atoms with Gasteiger partial charge in [0.1, 0.15) is 29.3 Å². The van der Waals surface area contributed by atoms with Crippen LogP contribution in [0.5, 0.6) is 0 Å². The van der Waals surface area contributed by atoms with Gasteiger partial charge in [-0.2, -0.15) is 0 Å². The monoisotopic (exact) mass is 1170 g/mol. The summed E-state index contributed by atoms with van der Waals surface area (Å²) in [7, 11) is 0. The number of aliphatic carboxylic acids is 1. The van der Waals surface area contributed by atoms with E-state index in [1.54, 1.807) is 13.8 Å². The number of carboxylic acids is 1. The summed E-state index contributed by atoms with van der Waals surface area (Å²) in [4.78, 5) is 106. The second-order valence-corrected chi connectivity index (χ2v) is 23.8. The molecule has 5 amide bonds. The van der Waals surface area contributed by atoms with Crippen molar-refractivity contribution < 1.29 is 62.4 Å². The van der Waals surface area contributed by atoms with Crippen LogP contribution in [0, 0.1) is 23.7 Å². The Morgan fingerprint density at radius 3 is 1.17 bits per heavy atom. The number of hydrogen-bond donors (Lipinski definition) is 7. The molecule has 0 aromatic heterocycles. The molecule has 0 radical (unpaired) electrons. The molecule has 0 aliphatic carbocycles. The molecule has 0 saturated carbocycles. The van der Waals surface area contributed by atoms with Gasteiger partial charge in [0.2, 0.25) is 29.5 Å². The van der Waals surface area contributed by atoms with Gasteiger partial charge in [-0.3, -0.25) is 48.2 Å². The first kappa shape index (κ1) is 73.4. The summed E-state index contributed by atoms with van der Waals surface area (Å²) in [6.07, 6.45) is 2.46. The molecule has 4 heterocycles. The van der Waals surface area contributed by atoms with E-state index in [0.717, 1.165) is 24.2 Å². The summed E-state index contributed by atoms with van der Waals surface area (Å²) < 4.78 is 21.1. The zero-order valence-electron chi connectivity index (χ0n) is 49.6. The highest BCUT2D eigenvalue weighted by Gasteiger charge is 2.51. The lowest BCUT2D eigenvalue weighted by Crippen LogP contribution is -2.58. The second-order valence-electron chi connectivity index (χ2n) is 23.8. The SMILES string of the molecule is C.C.CC(C)C[C@H](NC(=O)CN1CCOCC1)C(=O)N[C@@H](Cc1ccccc1)C(=O)N[C@@H](CC(C)C)C(=O)[C@@]1(C)CO1.CC(C)C[C@H](NC(=O)[C@H](Cc1ccccc1)NC(=O)[C@@H](N)CC(C)C)C(=O)[C@@]1(C)CO1.O=C(O)CN1CCOCC1. The number of epoxide rings is 2. The van der Waals surface area contributed by atoms with E-state index in [0.29, 0.717) is 84.8 Å². The number of rotatable bonds is 29. The zero-order chi connectivity index (χ0) is 59.9. The highest BCUT2D eigenvalue weighted by molar-refractivity contribution is 5.99. The molecule has 4 fully saturated rings. The largest absolute Gasteiger partial charge is 0.480 e. The summed E-state index contributed by atoms with van der Waals surface area (Å²) in [5.74, 6) is -2.16. The third kappa shape index (κ3) is 27.3. The Balaban J connectivity index is 0.000000484. The number of benzene rings is 2. The molecule has 21 heteroatoms. The predicted molar refractivity (Wildman–Crippen MR) is 320 cm³/mol. The fraction of sp³-hybridized carbons (Fsp3) is 0.677. The minimum absolute atomic E-state index is 0. The summed E-state index contributed by atoms with van der Waals surface area (Å²) >= 11 is 0. The van der Waals surface area contributed by atoms with Crippen molar-refractivity contribution in [2.24, 2.45) is 29.4 Å². The molecule has 4 aliphatic rings. The van der Waals surface area contributed by atoms with Gasteiger partial charge in [0.15, 0.2) is 11.6 Å². The number of amides is 5. The summed E-state index contributed by atoms with van der Waals surface area (Å²) in [5.41, 5.74) is 6.09. The first-order valence-corrected chi connectivity index (χ1v) is 28.8. The fourth-order valence-corrected chi connectivity index (χ4v) is 9.33. The van der Waals surface area contributed by atoms with E-state index in [9.17, 15) is 38.4 Å². The van der Waals surface area contributed by atoms with Crippen molar-refractivity contribution in [3.63, 3.8) is 0 Å². The van der Waals surface area contributed by atoms with Crippen LogP contribution in [0.25, 0.3) is 0 Å². The Bertz CT molecular complexity index is 2320. The smallest absolute Gasteiger partial charge is 0.317 e. The van der Waals surface area contributed by atoms with Gasteiger partial charge in [0.25, 0.3) is 0 Å². The molecule has 4 saturated heterocycles. The minimum Gasteiger partial charge on any atom is -0.480 e. The average Bonchev–Trinajstić information content (AvgIpc) is 4.45. The van der Waals surface area contributed by atoms with Crippen LogP contribution in [0.4, 0.5) is 0 Å². The van der Waals surface area contributed by atoms with Crippen LogP contribution in [0.15, 0.2) is 60.7 Å². The van der Waals surface area contributed by atoms with Crippen molar-refractivity contribution in [2.45, 2.75) is 170 Å². The molecule has 8 atom stereocenters. The van der Waals surface area contributed by atoms with Crippen molar-refractivity contribution in [3.05, 3.63) is 71.8 Å². The van der Waals surface area contributed by atoms with E-state index in [-0.39, 0.29) is 81.4 Å². The predicted octanol–water partition coefficient (Wildman–Crippen LogP) is 4.12. The van der Waals surface area contributed by atoms with Crippen LogP contribution in [0.1, 0.15) is 121 Å². The maximum atomic E-state index is 13.6. The Labute approximate surface area is 494 Å². The Morgan fingerprint density at radius 2 is 0.819 bits per heavy atom. The lowest BCUT2D eigenvalue weighted by molar-refractivity contribution is -0.139. The zero-order valence-corrected chi connectivity index (χ0v) is 49.6. The quantitative estimate of drug-likeness (QED) is 0.0564. The molecule has 21 nitrogen and oxygen atoms in total. The molecule has 4 aliphatic heterocycles. The topological polar surface area (TPSA) is 293 Å². The summed E-state index contributed by atoms with van der Waals surface area (Å²) in [5, 5.41) is 22.7. The molecule has 0 bridgehead atoms. The molecule has 6 rings (SSSR count). The van der Waals surface area contributed by atoms with Crippen LogP contribution in [-0.2, 0) is 70.1 Å². The molecular formula is C62H102N8O13. The molecule has 8 N–H and O–H groups in total. The molecule has 2 aromatic carbocycles. The molecule has 2 aromatic rings. The number of carbonyl (C=O) groups is 8. The van der Waals surface area contributed by atoms with Gasteiger partial charge in [-0.15, -0.1) is 0 Å². The molecule has 83 heavy (non-hydrogen) atoms. The van der Waals surface area contributed by atoms with Crippen molar-refractivity contribution in [1.29, 1.82) is 0 Å². The summed E-state index contributed by atoms with van der Waals surface area (Å²) in [6.45, 7) is 25.7. The summed E-state index contributed by atoms with van der Waals surface area (Å²) in [6, 6.07) is 14.2. The number of hydrogen-bond acceptors (Lipinski definition) is 15. The maximum Gasteiger partial charge on any atom is 0.317 e. The normalized spacial score (nSPS) is 20.6. The molecule has 0 spiro atoms. The lowest BCUT2D eigenvalue weighted by Gasteiger charge is -2.28. The van der Waals surface area contributed by atoms with Gasteiger partial charge in [-0.05, 0) is 74.3 Å². The second kappa shape index (κ2) is 36.2. The highest BCUT2D eigenvalue weighted by Crippen LogP contribution is 2.31. The first-order chi connectivity index (χ1) is 38.3. The highest BCUT2D eigenvalue weighted by atomic mass is 16.6. The number of ether oxygens (including phenoxy) is 4. The standard InChI is InChI=1S/C30H46N4O6.C24H37N3O4.C6H11NO3.2CH4/c1-20(2)15-23(27(36)30(5)19-40-30)32-29(38)25(17-22-9-7-6-8-10-22)33-28(37)24(16-21(3)4)31-26(35)18-34-11-13-39-14-12-34;1-15(2)11-18(25)22(29)27-20(13-17-9-7-6-8-10-17)23(30)26-19(12-16(3)4)21(28)24(5)14-31-24;8-6(9)5-7-1-3-10-4-2-7;;/h6-10,20-21,23-25H,11-19H2,1-5H3,(H,31,35)(H,32,38)(H,33,37);6-10,15-16,18-20H,11-14,25H2,1-5H3,(H,26,30)(H,27,29);1-5H2,(H,8,9);2*1H4/t23-,24-,25-,30+;18-,19-,20-,24+;;;/m00.../s1. The lowest BCUT2D eigenvalue weighted by atomic mass is 9.93. The van der Waals surface area contributed by atoms with E-state index >= 15 is 0 Å². The van der Waals surface area contributed by atoms with Gasteiger partial charge >= 0.3 is 5.97 Å². The number of ketones is 2. The maximum absolute atomic E-state index is 13.6. The van der Waals surface area contributed by atoms with Gasteiger partial charge in [0.05, 0.1) is 70.9 Å². The van der Waals surface area contributed by atoms with E-state index in [2.05, 4.69) is 26.6 Å². The third-order valence-electron chi connectivity index (χ3n) is 14.1. The number of nitrogens with one attached hydrogen (secondary N) is 5. The van der Waals surface area contributed by atoms with Crippen LogP contribution in [0.3, 0.4) is 0 Å².